The van der Waals surface area contributed by atoms with Gasteiger partial charge in [0.2, 0.25) is 5.91 Å². The summed E-state index contributed by atoms with van der Waals surface area (Å²) in [6, 6.07) is 11.5. The molecule has 0 aliphatic rings. The number of anilines is 1. The first kappa shape index (κ1) is 23.4. The highest BCUT2D eigenvalue weighted by Gasteiger charge is 2.16. The molecule has 4 aromatic rings. The molecule has 3 N–H and O–H groups in total. The zero-order valence-corrected chi connectivity index (χ0v) is 20.0. The summed E-state index contributed by atoms with van der Waals surface area (Å²) in [6.45, 7) is 3.56. The van der Waals surface area contributed by atoms with Crippen molar-refractivity contribution in [3.05, 3.63) is 65.9 Å². The number of carbonyl (C=O) groups excluding carboxylic acids is 2. The van der Waals surface area contributed by atoms with E-state index in [4.69, 9.17) is 0 Å². The van der Waals surface area contributed by atoms with Gasteiger partial charge < -0.3 is 20.3 Å². The fourth-order valence-electron chi connectivity index (χ4n) is 3.42. The number of carbonyl (C=O) groups is 2. The van der Waals surface area contributed by atoms with E-state index >= 15 is 0 Å². The normalized spacial score (nSPS) is 11.4. The molecule has 3 aromatic heterocycles. The number of aliphatic hydroxyl groups is 1. The summed E-state index contributed by atoms with van der Waals surface area (Å²) < 4.78 is 3.48. The molecule has 10 heteroatoms. The number of aryl methyl sites for hydroxylation is 1. The molecule has 3 heterocycles. The zero-order chi connectivity index (χ0) is 24.3. The first-order valence-corrected chi connectivity index (χ1v) is 11.6. The maximum absolute atomic E-state index is 12.3. The van der Waals surface area contributed by atoms with E-state index in [1.54, 1.807) is 41.6 Å². The molecule has 0 spiro atoms. The minimum atomic E-state index is -0.890. The monoisotopic (exact) mass is 478 g/mol. The van der Waals surface area contributed by atoms with Crippen molar-refractivity contribution in [3.8, 4) is 22.5 Å². The van der Waals surface area contributed by atoms with Crippen LogP contribution in [-0.4, -0.2) is 48.4 Å². The van der Waals surface area contributed by atoms with E-state index in [1.807, 2.05) is 49.0 Å². The van der Waals surface area contributed by atoms with Gasteiger partial charge in [-0.05, 0) is 32.0 Å². The lowest BCUT2D eigenvalue weighted by molar-refractivity contribution is -0.115. The molecule has 0 radical (unpaired) electrons. The smallest absolute Gasteiger partial charge is 0.253 e. The number of benzene rings is 1. The summed E-state index contributed by atoms with van der Waals surface area (Å²) in [5.74, 6) is -0.733. The molecule has 176 valence electrons. The van der Waals surface area contributed by atoms with Crippen molar-refractivity contribution in [3.63, 3.8) is 0 Å². The molecule has 0 bridgehead atoms. The van der Waals surface area contributed by atoms with Gasteiger partial charge in [-0.1, -0.05) is 18.2 Å². The third kappa shape index (κ3) is 5.97. The van der Waals surface area contributed by atoms with E-state index in [2.05, 4.69) is 20.7 Å². The van der Waals surface area contributed by atoms with Crippen molar-refractivity contribution in [2.45, 2.75) is 26.0 Å². The van der Waals surface area contributed by atoms with Crippen molar-refractivity contribution in [1.29, 1.82) is 0 Å². The van der Waals surface area contributed by atoms with Gasteiger partial charge in [0.05, 0.1) is 35.6 Å². The SMILES string of the molecule is Cn1ccc(-c2cccc(-c3csc(NC(=O)CNC(=O)c4ccn(CC(C)(C)O)c4)n3)c2)n1. The molecule has 0 atom stereocenters. The van der Waals surface area contributed by atoms with Crippen LogP contribution in [0.5, 0.6) is 0 Å². The van der Waals surface area contributed by atoms with E-state index in [0.29, 0.717) is 17.2 Å². The molecule has 0 saturated heterocycles. The summed E-state index contributed by atoms with van der Waals surface area (Å²) in [5.41, 5.74) is 3.05. The lowest BCUT2D eigenvalue weighted by atomic mass is 10.1. The van der Waals surface area contributed by atoms with Crippen molar-refractivity contribution in [2.75, 3.05) is 11.9 Å². The predicted molar refractivity (Wildman–Crippen MR) is 131 cm³/mol. The molecule has 2 amide bonds. The Morgan fingerprint density at radius 1 is 1.12 bits per heavy atom. The number of thiazole rings is 1. The summed E-state index contributed by atoms with van der Waals surface area (Å²) >= 11 is 1.32. The van der Waals surface area contributed by atoms with Crippen molar-refractivity contribution >= 4 is 28.3 Å². The van der Waals surface area contributed by atoms with Crippen molar-refractivity contribution < 1.29 is 14.7 Å². The highest BCUT2D eigenvalue weighted by atomic mass is 32.1. The quantitative estimate of drug-likeness (QED) is 0.360. The highest BCUT2D eigenvalue weighted by molar-refractivity contribution is 7.14. The van der Waals surface area contributed by atoms with E-state index in [-0.39, 0.29) is 18.4 Å². The number of amides is 2. The van der Waals surface area contributed by atoms with Gasteiger partial charge in [-0.2, -0.15) is 5.10 Å². The second kappa shape index (κ2) is 9.62. The Labute approximate surface area is 201 Å². The third-order valence-electron chi connectivity index (χ3n) is 4.91. The number of nitrogens with zero attached hydrogens (tertiary/aromatic N) is 4. The summed E-state index contributed by atoms with van der Waals surface area (Å²) in [6.07, 6.45) is 5.24. The number of aromatic nitrogens is 4. The summed E-state index contributed by atoms with van der Waals surface area (Å²) in [4.78, 5) is 29.2. The van der Waals surface area contributed by atoms with Crippen LogP contribution in [0.2, 0.25) is 0 Å². The number of hydrogen-bond acceptors (Lipinski definition) is 6. The zero-order valence-electron chi connectivity index (χ0n) is 19.1. The molecular formula is C24H26N6O3S. The summed E-state index contributed by atoms with van der Waals surface area (Å²) in [5, 5.41) is 22.0. The van der Waals surface area contributed by atoms with Crippen LogP contribution in [0.4, 0.5) is 5.13 Å². The van der Waals surface area contributed by atoms with Crippen LogP contribution < -0.4 is 10.6 Å². The largest absolute Gasteiger partial charge is 0.389 e. The molecule has 0 saturated carbocycles. The van der Waals surface area contributed by atoms with Crippen LogP contribution in [0.15, 0.2) is 60.4 Å². The Morgan fingerprint density at radius 3 is 2.59 bits per heavy atom. The Morgan fingerprint density at radius 2 is 1.88 bits per heavy atom. The van der Waals surface area contributed by atoms with Crippen molar-refractivity contribution in [1.82, 2.24) is 24.6 Å². The minimum Gasteiger partial charge on any atom is -0.389 e. The highest BCUT2D eigenvalue weighted by Crippen LogP contribution is 2.28. The van der Waals surface area contributed by atoms with Crippen LogP contribution in [0, 0.1) is 0 Å². The Kier molecular flexibility index (Phi) is 6.62. The first-order chi connectivity index (χ1) is 16.2. The molecule has 1 aromatic carbocycles. The van der Waals surface area contributed by atoms with Gasteiger partial charge in [0.25, 0.3) is 5.91 Å². The fourth-order valence-corrected chi connectivity index (χ4v) is 4.15. The Bertz CT molecular complexity index is 1310. The second-order valence-electron chi connectivity index (χ2n) is 8.61. The first-order valence-electron chi connectivity index (χ1n) is 10.7. The lowest BCUT2D eigenvalue weighted by Gasteiger charge is -2.17. The van der Waals surface area contributed by atoms with E-state index < -0.39 is 5.60 Å². The molecule has 34 heavy (non-hydrogen) atoms. The maximum Gasteiger partial charge on any atom is 0.253 e. The average Bonchev–Trinajstić information content (AvgIpc) is 3.52. The fraction of sp³-hybridized carbons (Fsp3) is 0.250. The molecule has 0 unspecified atom stereocenters. The second-order valence-corrected chi connectivity index (χ2v) is 9.47. The van der Waals surface area contributed by atoms with E-state index in [0.717, 1.165) is 22.5 Å². The van der Waals surface area contributed by atoms with Gasteiger partial charge >= 0.3 is 0 Å². The van der Waals surface area contributed by atoms with Crippen LogP contribution in [-0.2, 0) is 18.4 Å². The van der Waals surface area contributed by atoms with Crippen LogP contribution >= 0.6 is 11.3 Å². The molecule has 0 fully saturated rings. The molecule has 9 nitrogen and oxygen atoms in total. The average molecular weight is 479 g/mol. The molecule has 4 rings (SSSR count). The minimum absolute atomic E-state index is 0.181. The van der Waals surface area contributed by atoms with E-state index in [1.165, 1.54) is 11.3 Å². The van der Waals surface area contributed by atoms with Crippen LogP contribution in [0.3, 0.4) is 0 Å². The van der Waals surface area contributed by atoms with Crippen LogP contribution in [0.1, 0.15) is 24.2 Å². The molecule has 0 aliphatic heterocycles. The Hall–Kier alpha value is -3.76. The predicted octanol–water partition coefficient (Wildman–Crippen LogP) is 3.15. The van der Waals surface area contributed by atoms with E-state index in [9.17, 15) is 14.7 Å². The lowest BCUT2D eigenvalue weighted by Crippen LogP contribution is -2.32. The Balaban J connectivity index is 1.33. The van der Waals surface area contributed by atoms with Crippen LogP contribution in [0.25, 0.3) is 22.5 Å². The van der Waals surface area contributed by atoms with Gasteiger partial charge in [0, 0.05) is 42.1 Å². The maximum atomic E-state index is 12.3. The van der Waals surface area contributed by atoms with Gasteiger partial charge in [-0.3, -0.25) is 14.3 Å². The molecular weight excluding hydrogens is 452 g/mol. The van der Waals surface area contributed by atoms with Gasteiger partial charge in [-0.25, -0.2) is 4.98 Å². The number of rotatable bonds is 8. The topological polar surface area (TPSA) is 114 Å². The third-order valence-corrected chi connectivity index (χ3v) is 5.67. The standard InChI is InChI=1S/C24H26N6O3S/c1-24(2,33)15-30-10-7-18(13-30)22(32)25-12-21(31)27-23-26-20(14-34-23)17-6-4-5-16(11-17)19-8-9-29(3)28-19/h4-11,13-14,33H,12,15H2,1-3H3,(H,25,32)(H,26,27,31). The van der Waals surface area contributed by atoms with Gasteiger partial charge in [0.1, 0.15) is 0 Å². The number of hydrogen-bond donors (Lipinski definition) is 3. The van der Waals surface area contributed by atoms with Gasteiger partial charge in [0.15, 0.2) is 5.13 Å². The van der Waals surface area contributed by atoms with Gasteiger partial charge in [-0.15, -0.1) is 11.3 Å². The summed E-state index contributed by atoms with van der Waals surface area (Å²) in [7, 11) is 1.87. The number of nitrogens with one attached hydrogen (secondary N) is 2. The van der Waals surface area contributed by atoms with Crippen molar-refractivity contribution in [2.24, 2.45) is 7.05 Å². The molecule has 0 aliphatic carbocycles.